The van der Waals surface area contributed by atoms with Crippen LogP contribution in [0.2, 0.25) is 0 Å². The second kappa shape index (κ2) is 5.50. The fraction of sp³-hybridized carbons (Fsp3) is 0.917. The zero-order chi connectivity index (χ0) is 11.4. The van der Waals surface area contributed by atoms with E-state index in [-0.39, 0.29) is 11.9 Å². The van der Waals surface area contributed by atoms with Crippen LogP contribution >= 0.6 is 0 Å². The van der Waals surface area contributed by atoms with E-state index in [1.165, 1.54) is 0 Å². The lowest BCUT2D eigenvalue weighted by Gasteiger charge is -2.28. The first kappa shape index (κ1) is 12.5. The average molecular weight is 212 g/mol. The summed E-state index contributed by atoms with van der Waals surface area (Å²) in [6.07, 6.45) is 3.70. The number of nitrogens with zero attached hydrogens (tertiary/aromatic N) is 1. The van der Waals surface area contributed by atoms with Crippen molar-refractivity contribution in [2.45, 2.75) is 58.5 Å². The normalized spacial score (nSPS) is 23.5. The summed E-state index contributed by atoms with van der Waals surface area (Å²) < 4.78 is 0. The molecule has 0 spiro atoms. The fourth-order valence-corrected chi connectivity index (χ4v) is 2.28. The molecule has 2 unspecified atom stereocenters. The van der Waals surface area contributed by atoms with Crippen LogP contribution in [0.25, 0.3) is 0 Å². The molecule has 0 aliphatic carbocycles. The lowest BCUT2D eigenvalue weighted by molar-refractivity contribution is -0.133. The molecule has 0 radical (unpaired) electrons. The maximum Gasteiger partial charge on any atom is 0.224 e. The minimum atomic E-state index is 0.0333. The number of carbonyl (C=O) groups is 1. The minimum Gasteiger partial charge on any atom is -0.339 e. The highest BCUT2D eigenvalue weighted by atomic mass is 16.2. The van der Waals surface area contributed by atoms with E-state index in [4.69, 9.17) is 5.73 Å². The van der Waals surface area contributed by atoms with E-state index in [9.17, 15) is 4.79 Å². The molecule has 0 aromatic carbocycles. The van der Waals surface area contributed by atoms with E-state index in [2.05, 4.69) is 13.8 Å². The summed E-state index contributed by atoms with van der Waals surface area (Å²) in [6.45, 7) is 7.34. The van der Waals surface area contributed by atoms with Crippen molar-refractivity contribution in [1.82, 2.24) is 4.90 Å². The van der Waals surface area contributed by atoms with Crippen LogP contribution in [0.1, 0.15) is 46.5 Å². The molecule has 2 N–H and O–H groups in total. The Morgan fingerprint density at radius 2 is 2.20 bits per heavy atom. The zero-order valence-electron chi connectivity index (χ0n) is 10.2. The smallest absolute Gasteiger partial charge is 0.224 e. The summed E-state index contributed by atoms with van der Waals surface area (Å²) in [6, 6.07) is 0.479. The molecule has 0 aromatic heterocycles. The summed E-state index contributed by atoms with van der Waals surface area (Å²) in [4.78, 5) is 14.0. The summed E-state index contributed by atoms with van der Waals surface area (Å²) in [5.41, 5.74) is 5.82. The van der Waals surface area contributed by atoms with Gasteiger partial charge in [-0.15, -0.1) is 0 Å². The van der Waals surface area contributed by atoms with Crippen molar-refractivity contribution < 1.29 is 4.79 Å². The molecule has 3 heteroatoms. The molecule has 1 saturated heterocycles. The number of carbonyl (C=O) groups excluding carboxylic acids is 1. The first-order valence-electron chi connectivity index (χ1n) is 6.11. The van der Waals surface area contributed by atoms with Crippen LogP contribution in [-0.4, -0.2) is 29.4 Å². The molecule has 1 rings (SSSR count). The molecule has 1 aliphatic rings. The SMILES string of the molecule is CCC(N)CC(=O)N1CCCC1C(C)C. The van der Waals surface area contributed by atoms with Gasteiger partial charge in [-0.05, 0) is 25.2 Å². The predicted octanol–water partition coefficient (Wildman–Crippen LogP) is 1.76. The Morgan fingerprint density at radius 1 is 1.53 bits per heavy atom. The van der Waals surface area contributed by atoms with Crippen LogP contribution in [0.3, 0.4) is 0 Å². The molecule has 0 aromatic rings. The van der Waals surface area contributed by atoms with Crippen molar-refractivity contribution >= 4 is 5.91 Å². The van der Waals surface area contributed by atoms with Crippen LogP contribution < -0.4 is 5.73 Å². The van der Waals surface area contributed by atoms with E-state index < -0.39 is 0 Å². The first-order valence-corrected chi connectivity index (χ1v) is 6.11. The van der Waals surface area contributed by atoms with Crippen LogP contribution in [0.4, 0.5) is 0 Å². The molecule has 1 heterocycles. The van der Waals surface area contributed by atoms with E-state index in [0.29, 0.717) is 18.4 Å². The van der Waals surface area contributed by atoms with E-state index in [0.717, 1.165) is 25.8 Å². The Kier molecular flexibility index (Phi) is 4.58. The van der Waals surface area contributed by atoms with Gasteiger partial charge in [0.05, 0.1) is 0 Å². The van der Waals surface area contributed by atoms with Gasteiger partial charge in [0, 0.05) is 25.0 Å². The largest absolute Gasteiger partial charge is 0.339 e. The number of rotatable bonds is 4. The quantitative estimate of drug-likeness (QED) is 0.772. The first-order chi connectivity index (χ1) is 7.06. The summed E-state index contributed by atoms with van der Waals surface area (Å²) >= 11 is 0. The maximum absolute atomic E-state index is 12.0. The van der Waals surface area contributed by atoms with Crippen molar-refractivity contribution in [3.63, 3.8) is 0 Å². The Labute approximate surface area is 93.0 Å². The number of nitrogens with two attached hydrogens (primary N) is 1. The zero-order valence-corrected chi connectivity index (χ0v) is 10.2. The molecular weight excluding hydrogens is 188 g/mol. The number of hydrogen-bond acceptors (Lipinski definition) is 2. The molecule has 88 valence electrons. The summed E-state index contributed by atoms with van der Waals surface area (Å²) in [5, 5.41) is 0. The third kappa shape index (κ3) is 3.20. The molecule has 3 nitrogen and oxygen atoms in total. The number of likely N-dealkylation sites (tertiary alicyclic amines) is 1. The molecule has 1 aliphatic heterocycles. The number of hydrogen-bond donors (Lipinski definition) is 1. The molecular formula is C12H24N2O. The monoisotopic (exact) mass is 212 g/mol. The van der Waals surface area contributed by atoms with Gasteiger partial charge in [0.2, 0.25) is 5.91 Å². The Morgan fingerprint density at radius 3 is 2.73 bits per heavy atom. The van der Waals surface area contributed by atoms with E-state index in [1.807, 2.05) is 11.8 Å². The van der Waals surface area contributed by atoms with Crippen LogP contribution in [0, 0.1) is 5.92 Å². The second-order valence-corrected chi connectivity index (χ2v) is 4.91. The Balaban J connectivity index is 2.51. The van der Waals surface area contributed by atoms with Crippen molar-refractivity contribution in [2.24, 2.45) is 11.7 Å². The van der Waals surface area contributed by atoms with Gasteiger partial charge in [-0.1, -0.05) is 20.8 Å². The summed E-state index contributed by atoms with van der Waals surface area (Å²) in [7, 11) is 0. The summed E-state index contributed by atoms with van der Waals surface area (Å²) in [5.74, 6) is 0.815. The van der Waals surface area contributed by atoms with Gasteiger partial charge in [0.1, 0.15) is 0 Å². The average Bonchev–Trinajstić information content (AvgIpc) is 2.65. The van der Waals surface area contributed by atoms with Gasteiger partial charge in [0.25, 0.3) is 0 Å². The van der Waals surface area contributed by atoms with Crippen molar-refractivity contribution in [3.8, 4) is 0 Å². The Bertz CT molecular complexity index is 216. The van der Waals surface area contributed by atoms with Crippen LogP contribution in [0.5, 0.6) is 0 Å². The molecule has 0 saturated carbocycles. The maximum atomic E-state index is 12.0. The highest BCUT2D eigenvalue weighted by molar-refractivity contribution is 5.77. The van der Waals surface area contributed by atoms with Gasteiger partial charge >= 0.3 is 0 Å². The van der Waals surface area contributed by atoms with Crippen molar-refractivity contribution in [2.75, 3.05) is 6.54 Å². The Hall–Kier alpha value is -0.570. The topological polar surface area (TPSA) is 46.3 Å². The molecule has 0 bridgehead atoms. The minimum absolute atomic E-state index is 0.0333. The lowest BCUT2D eigenvalue weighted by atomic mass is 10.0. The van der Waals surface area contributed by atoms with Crippen molar-refractivity contribution in [1.29, 1.82) is 0 Å². The van der Waals surface area contributed by atoms with Gasteiger partial charge in [-0.25, -0.2) is 0 Å². The van der Waals surface area contributed by atoms with Gasteiger partial charge in [-0.2, -0.15) is 0 Å². The van der Waals surface area contributed by atoms with Crippen LogP contribution in [-0.2, 0) is 4.79 Å². The third-order valence-electron chi connectivity index (χ3n) is 3.35. The van der Waals surface area contributed by atoms with Gasteiger partial charge in [-0.3, -0.25) is 4.79 Å². The lowest BCUT2D eigenvalue weighted by Crippen LogP contribution is -2.41. The third-order valence-corrected chi connectivity index (χ3v) is 3.35. The predicted molar refractivity (Wildman–Crippen MR) is 62.5 cm³/mol. The highest BCUT2D eigenvalue weighted by Crippen LogP contribution is 2.24. The fourth-order valence-electron chi connectivity index (χ4n) is 2.28. The highest BCUT2D eigenvalue weighted by Gasteiger charge is 2.30. The number of amides is 1. The van der Waals surface area contributed by atoms with E-state index >= 15 is 0 Å². The standard InChI is InChI=1S/C12H24N2O/c1-4-10(13)8-12(15)14-7-5-6-11(14)9(2)3/h9-11H,4-8,13H2,1-3H3. The molecule has 1 amide bonds. The van der Waals surface area contributed by atoms with Crippen molar-refractivity contribution in [3.05, 3.63) is 0 Å². The molecule has 2 atom stereocenters. The van der Waals surface area contributed by atoms with E-state index in [1.54, 1.807) is 0 Å². The van der Waals surface area contributed by atoms with Gasteiger partial charge < -0.3 is 10.6 Å². The molecule has 1 fully saturated rings. The van der Waals surface area contributed by atoms with Gasteiger partial charge in [0.15, 0.2) is 0 Å². The second-order valence-electron chi connectivity index (χ2n) is 4.91. The van der Waals surface area contributed by atoms with Crippen LogP contribution in [0.15, 0.2) is 0 Å². The molecule has 15 heavy (non-hydrogen) atoms.